The monoisotopic (exact) mass is 505 g/mol. The van der Waals surface area contributed by atoms with E-state index in [0.717, 1.165) is 27.3 Å². The molecule has 0 radical (unpaired) electrons. The van der Waals surface area contributed by atoms with E-state index in [2.05, 4.69) is 4.72 Å². The van der Waals surface area contributed by atoms with Gasteiger partial charge in [-0.1, -0.05) is 54.1 Å². The number of hydrogen-bond acceptors (Lipinski definition) is 5. The van der Waals surface area contributed by atoms with Crippen molar-refractivity contribution in [3.63, 3.8) is 0 Å². The lowest BCUT2D eigenvalue weighted by atomic mass is 9.86. The van der Waals surface area contributed by atoms with Crippen molar-refractivity contribution in [1.29, 1.82) is 0 Å². The topological polar surface area (TPSA) is 92.7 Å². The van der Waals surface area contributed by atoms with Crippen molar-refractivity contribution in [2.24, 2.45) is 0 Å². The molecule has 2 unspecified atom stereocenters. The molecule has 9 heteroatoms. The highest BCUT2D eigenvalue weighted by Crippen LogP contribution is 2.61. The average Bonchev–Trinajstić information content (AvgIpc) is 3.17. The number of nitrogens with one attached hydrogen (secondary N) is 1. The Kier molecular flexibility index (Phi) is 6.66. The van der Waals surface area contributed by atoms with E-state index < -0.39 is 26.9 Å². The number of benzene rings is 2. The van der Waals surface area contributed by atoms with Gasteiger partial charge in [-0.25, -0.2) is 8.42 Å². The molecular formula is C24H24ClNO5S2. The predicted molar refractivity (Wildman–Crippen MR) is 129 cm³/mol. The van der Waals surface area contributed by atoms with Crippen molar-refractivity contribution < 1.29 is 23.1 Å². The van der Waals surface area contributed by atoms with Crippen molar-refractivity contribution in [2.45, 2.75) is 34.4 Å². The van der Waals surface area contributed by atoms with E-state index in [4.69, 9.17) is 16.3 Å². The third-order valence-electron chi connectivity index (χ3n) is 6.19. The van der Waals surface area contributed by atoms with Crippen LogP contribution in [0.25, 0.3) is 10.4 Å². The number of hydrogen-bond donors (Lipinski definition) is 2. The second-order valence-corrected chi connectivity index (χ2v) is 11.6. The summed E-state index contributed by atoms with van der Waals surface area (Å²) in [5.74, 6) is -1.18. The fourth-order valence-electron chi connectivity index (χ4n) is 4.45. The normalized spacial score (nSPS) is 22.2. The minimum Gasteiger partial charge on any atom is -0.480 e. The maximum absolute atomic E-state index is 13.3. The Labute approximate surface area is 202 Å². The molecular weight excluding hydrogens is 482 g/mol. The van der Waals surface area contributed by atoms with Crippen molar-refractivity contribution in [3.8, 4) is 10.4 Å². The molecule has 1 fully saturated rings. The number of carbonyl (C=O) groups is 1. The average molecular weight is 506 g/mol. The number of rotatable bonds is 10. The summed E-state index contributed by atoms with van der Waals surface area (Å²) in [4.78, 5) is 13.3. The molecule has 0 amide bonds. The van der Waals surface area contributed by atoms with Gasteiger partial charge in [0.25, 0.3) is 10.0 Å². The molecule has 1 heterocycles. The van der Waals surface area contributed by atoms with Gasteiger partial charge in [0.2, 0.25) is 0 Å². The molecule has 0 saturated heterocycles. The van der Waals surface area contributed by atoms with Gasteiger partial charge in [-0.05, 0) is 54.7 Å². The maximum Gasteiger partial charge on any atom is 0.325 e. The molecule has 2 atom stereocenters. The molecule has 0 spiro atoms. The summed E-state index contributed by atoms with van der Waals surface area (Å²) in [5.41, 5.74) is -0.824. The van der Waals surface area contributed by atoms with Crippen molar-refractivity contribution in [2.75, 3.05) is 13.7 Å². The van der Waals surface area contributed by atoms with E-state index in [1.165, 1.54) is 6.07 Å². The molecule has 1 saturated carbocycles. The SMILES string of the molecule is COCCCC1(c2ccccc2)CC1(NS(=O)(=O)c1ccc(-c2ccc(Cl)cc2)s1)C(=O)O. The highest BCUT2D eigenvalue weighted by atomic mass is 35.5. The Hall–Kier alpha value is -2.23. The first-order valence-electron chi connectivity index (χ1n) is 10.4. The van der Waals surface area contributed by atoms with Gasteiger partial charge in [-0.3, -0.25) is 4.79 Å². The summed E-state index contributed by atoms with van der Waals surface area (Å²) < 4.78 is 34.5. The number of thiophene rings is 1. The van der Waals surface area contributed by atoms with E-state index in [9.17, 15) is 18.3 Å². The number of carboxylic acids is 1. The minimum atomic E-state index is -4.08. The molecule has 2 aromatic carbocycles. The molecule has 6 nitrogen and oxygen atoms in total. The molecule has 0 aliphatic heterocycles. The van der Waals surface area contributed by atoms with Crippen LogP contribution in [-0.2, 0) is 25.0 Å². The molecule has 1 aliphatic carbocycles. The van der Waals surface area contributed by atoms with Crippen LogP contribution in [0.15, 0.2) is 70.9 Å². The van der Waals surface area contributed by atoms with E-state index >= 15 is 0 Å². The smallest absolute Gasteiger partial charge is 0.325 e. The Balaban J connectivity index is 1.66. The Bertz CT molecular complexity index is 1240. The van der Waals surface area contributed by atoms with Crippen LogP contribution in [0.4, 0.5) is 0 Å². The summed E-state index contributed by atoms with van der Waals surface area (Å²) >= 11 is 7.03. The number of aliphatic carboxylic acids is 1. The van der Waals surface area contributed by atoms with Crippen LogP contribution in [0.1, 0.15) is 24.8 Å². The van der Waals surface area contributed by atoms with Gasteiger partial charge in [0.1, 0.15) is 9.75 Å². The molecule has 2 N–H and O–H groups in total. The van der Waals surface area contributed by atoms with Crippen LogP contribution in [0.2, 0.25) is 5.02 Å². The Morgan fingerprint density at radius 2 is 1.82 bits per heavy atom. The summed E-state index contributed by atoms with van der Waals surface area (Å²) in [5, 5.41) is 10.8. The van der Waals surface area contributed by atoms with Crippen LogP contribution in [0.5, 0.6) is 0 Å². The van der Waals surface area contributed by atoms with Gasteiger partial charge in [-0.15, -0.1) is 11.3 Å². The van der Waals surface area contributed by atoms with E-state index in [1.807, 2.05) is 42.5 Å². The fourth-order valence-corrected chi connectivity index (χ4v) is 7.31. The van der Waals surface area contributed by atoms with Crippen LogP contribution in [0.3, 0.4) is 0 Å². The lowest BCUT2D eigenvalue weighted by molar-refractivity contribution is -0.140. The van der Waals surface area contributed by atoms with Crippen LogP contribution < -0.4 is 4.72 Å². The predicted octanol–water partition coefficient (Wildman–Crippen LogP) is 4.94. The molecule has 4 rings (SSSR count). The molecule has 174 valence electrons. The lowest BCUT2D eigenvalue weighted by Crippen LogP contribution is -2.48. The summed E-state index contributed by atoms with van der Waals surface area (Å²) in [6, 6.07) is 19.6. The third kappa shape index (κ3) is 4.46. The summed E-state index contributed by atoms with van der Waals surface area (Å²) in [6.45, 7) is 0.465. The molecule has 33 heavy (non-hydrogen) atoms. The summed E-state index contributed by atoms with van der Waals surface area (Å²) in [7, 11) is -2.49. The fraction of sp³-hybridized carbons (Fsp3) is 0.292. The quantitative estimate of drug-likeness (QED) is 0.381. The van der Waals surface area contributed by atoms with E-state index in [-0.39, 0.29) is 10.6 Å². The second-order valence-electron chi connectivity index (χ2n) is 8.16. The Morgan fingerprint density at radius 1 is 1.12 bits per heavy atom. The molecule has 1 aromatic heterocycles. The maximum atomic E-state index is 13.3. The van der Waals surface area contributed by atoms with Crippen molar-refractivity contribution >= 4 is 38.9 Å². The van der Waals surface area contributed by atoms with Crippen molar-refractivity contribution in [3.05, 3.63) is 77.3 Å². The van der Waals surface area contributed by atoms with Crippen LogP contribution in [-0.4, -0.2) is 38.7 Å². The molecule has 1 aliphatic rings. The highest BCUT2D eigenvalue weighted by molar-refractivity contribution is 7.91. The first kappa shape index (κ1) is 23.9. The lowest BCUT2D eigenvalue weighted by Gasteiger charge is -2.24. The van der Waals surface area contributed by atoms with Gasteiger partial charge in [-0.2, -0.15) is 4.72 Å². The van der Waals surface area contributed by atoms with Crippen LogP contribution in [0, 0.1) is 0 Å². The zero-order chi connectivity index (χ0) is 23.7. The number of carboxylic acid groups (broad SMARTS) is 1. The first-order valence-corrected chi connectivity index (χ1v) is 13.1. The number of methoxy groups -OCH3 is 1. The molecule has 3 aromatic rings. The molecule has 0 bridgehead atoms. The van der Waals surface area contributed by atoms with Gasteiger partial charge in [0, 0.05) is 29.0 Å². The first-order chi connectivity index (χ1) is 15.7. The van der Waals surface area contributed by atoms with Gasteiger partial charge < -0.3 is 9.84 Å². The van der Waals surface area contributed by atoms with Gasteiger partial charge in [0.05, 0.1) is 0 Å². The largest absolute Gasteiger partial charge is 0.480 e. The standard InChI is InChI=1S/C24H24ClNO5S2/c1-31-15-5-14-23(18-6-3-2-4-7-18)16-24(23,22(27)28)26-33(29,30)21-13-12-20(32-21)17-8-10-19(25)11-9-17/h2-4,6-13,26H,5,14-16H2,1H3,(H,27,28). The van der Waals surface area contributed by atoms with Crippen LogP contribution >= 0.6 is 22.9 Å². The zero-order valence-corrected chi connectivity index (χ0v) is 20.3. The number of halogens is 1. The van der Waals surface area contributed by atoms with Gasteiger partial charge >= 0.3 is 5.97 Å². The van der Waals surface area contributed by atoms with Crippen molar-refractivity contribution in [1.82, 2.24) is 4.72 Å². The highest BCUT2D eigenvalue weighted by Gasteiger charge is 2.74. The Morgan fingerprint density at radius 3 is 2.45 bits per heavy atom. The minimum absolute atomic E-state index is 0.0684. The number of sulfonamides is 1. The number of ether oxygens (including phenoxy) is 1. The summed E-state index contributed by atoms with van der Waals surface area (Å²) in [6.07, 6.45) is 1.28. The third-order valence-corrected chi connectivity index (χ3v) is 9.56. The van der Waals surface area contributed by atoms with E-state index in [1.54, 1.807) is 25.3 Å². The van der Waals surface area contributed by atoms with Gasteiger partial charge in [0.15, 0.2) is 0 Å². The second kappa shape index (κ2) is 9.19. The van der Waals surface area contributed by atoms with E-state index in [0.29, 0.717) is 24.5 Å². The zero-order valence-electron chi connectivity index (χ0n) is 18.0.